The van der Waals surface area contributed by atoms with Gasteiger partial charge in [-0.25, -0.2) is 4.79 Å². The van der Waals surface area contributed by atoms with Crippen LogP contribution < -0.4 is 0 Å². The van der Waals surface area contributed by atoms with Crippen LogP contribution in [-0.2, 0) is 25.8 Å². The minimum atomic E-state index is -1.05. The van der Waals surface area contributed by atoms with Crippen molar-refractivity contribution >= 4 is 18.0 Å². The van der Waals surface area contributed by atoms with Crippen molar-refractivity contribution in [1.29, 1.82) is 0 Å². The van der Waals surface area contributed by atoms with Crippen molar-refractivity contribution in [2.45, 2.75) is 13.0 Å². The van der Waals surface area contributed by atoms with Crippen LogP contribution in [0.2, 0.25) is 0 Å². The van der Waals surface area contributed by atoms with Gasteiger partial charge in [0, 0.05) is 0 Å². The van der Waals surface area contributed by atoms with Gasteiger partial charge in [0.25, 0.3) is 11.8 Å². The normalized spacial score (nSPS) is 30.7. The molecule has 2 amide bonds. The predicted octanol–water partition coefficient (Wildman–Crippen LogP) is 2.06. The average Bonchev–Trinajstić information content (AvgIpc) is 3.24. The fraction of sp³-hybridized carbons (Fsp3) is 0.353. The second-order valence-corrected chi connectivity index (χ2v) is 6.09. The predicted molar refractivity (Wildman–Crippen MR) is 77.3 cm³/mol. The Morgan fingerprint density at radius 2 is 1.65 bits per heavy atom. The average molecular weight is 313 g/mol. The summed E-state index contributed by atoms with van der Waals surface area (Å²) in [5.41, 5.74) is 0.794. The van der Waals surface area contributed by atoms with Crippen LogP contribution >= 0.6 is 0 Å². The molecule has 2 aliphatic carbocycles. The van der Waals surface area contributed by atoms with Crippen LogP contribution in [0.3, 0.4) is 0 Å². The highest BCUT2D eigenvalue weighted by Gasteiger charge is 2.61. The lowest BCUT2D eigenvalue weighted by molar-refractivity contribution is -0.180. The molecule has 1 aromatic rings. The molecule has 4 rings (SSSR count). The van der Waals surface area contributed by atoms with Crippen LogP contribution in [0.25, 0.3) is 0 Å². The van der Waals surface area contributed by atoms with Gasteiger partial charge in [0.1, 0.15) is 6.61 Å². The molecular formula is C17H15NO5. The number of hydrogen-bond acceptors (Lipinski definition) is 5. The Bertz CT molecular complexity index is 668. The molecule has 4 unspecified atom stereocenters. The van der Waals surface area contributed by atoms with Gasteiger partial charge in [0.05, 0.1) is 11.8 Å². The topological polar surface area (TPSA) is 72.9 Å². The van der Waals surface area contributed by atoms with E-state index in [2.05, 4.69) is 0 Å². The van der Waals surface area contributed by atoms with E-state index >= 15 is 0 Å². The summed E-state index contributed by atoms with van der Waals surface area (Å²) in [6, 6.07) is 9.09. The lowest BCUT2D eigenvalue weighted by atomic mass is 9.85. The van der Waals surface area contributed by atoms with Crippen molar-refractivity contribution < 1.29 is 24.0 Å². The summed E-state index contributed by atoms with van der Waals surface area (Å²) in [7, 11) is 0. The summed E-state index contributed by atoms with van der Waals surface area (Å²) in [5, 5.41) is 0.592. The van der Waals surface area contributed by atoms with Crippen LogP contribution in [-0.4, -0.2) is 23.0 Å². The van der Waals surface area contributed by atoms with Gasteiger partial charge in [-0.3, -0.25) is 14.4 Å². The quantitative estimate of drug-likeness (QED) is 0.485. The van der Waals surface area contributed by atoms with Gasteiger partial charge in [-0.1, -0.05) is 47.5 Å². The second-order valence-electron chi connectivity index (χ2n) is 6.09. The van der Waals surface area contributed by atoms with Crippen molar-refractivity contribution in [2.24, 2.45) is 23.7 Å². The lowest BCUT2D eigenvalue weighted by Crippen LogP contribution is -2.35. The number of amides is 2. The minimum absolute atomic E-state index is 0.0234. The van der Waals surface area contributed by atoms with E-state index in [9.17, 15) is 14.4 Å². The standard InChI is InChI=1S/C17H15NO5/c19-15-13-11-6-7-12(8-11)14(13)16(20)18(15)23-17(21)22-9-10-4-2-1-3-5-10/h1-7,11-14H,8-9H2. The maximum atomic E-state index is 12.3. The number of hydrogen-bond donors (Lipinski definition) is 0. The number of ether oxygens (including phenoxy) is 1. The van der Waals surface area contributed by atoms with E-state index in [-0.39, 0.29) is 30.3 Å². The first kappa shape index (κ1) is 14.0. The number of allylic oxidation sites excluding steroid dienone is 2. The molecule has 118 valence electrons. The van der Waals surface area contributed by atoms with Crippen molar-refractivity contribution in [2.75, 3.05) is 0 Å². The smallest absolute Gasteiger partial charge is 0.428 e. The molecule has 1 aromatic carbocycles. The Hall–Kier alpha value is -2.63. The number of nitrogens with zero attached hydrogens (tertiary/aromatic N) is 1. The van der Waals surface area contributed by atoms with E-state index in [0.717, 1.165) is 12.0 Å². The fourth-order valence-electron chi connectivity index (χ4n) is 3.78. The molecule has 2 fully saturated rings. The van der Waals surface area contributed by atoms with Gasteiger partial charge in [-0.05, 0) is 23.8 Å². The maximum absolute atomic E-state index is 12.3. The monoisotopic (exact) mass is 313 g/mol. The van der Waals surface area contributed by atoms with E-state index in [0.29, 0.717) is 5.06 Å². The van der Waals surface area contributed by atoms with E-state index in [1.165, 1.54) is 0 Å². The van der Waals surface area contributed by atoms with E-state index in [1.807, 2.05) is 30.4 Å². The van der Waals surface area contributed by atoms with Crippen molar-refractivity contribution in [3.63, 3.8) is 0 Å². The van der Waals surface area contributed by atoms with E-state index < -0.39 is 18.0 Å². The Morgan fingerprint density at radius 3 is 2.26 bits per heavy atom. The first-order valence-electron chi connectivity index (χ1n) is 7.60. The third-order valence-corrected chi connectivity index (χ3v) is 4.80. The van der Waals surface area contributed by atoms with Gasteiger partial charge in [0.2, 0.25) is 0 Å². The molecule has 2 bridgehead atoms. The highest BCUT2D eigenvalue weighted by Crippen LogP contribution is 2.52. The van der Waals surface area contributed by atoms with Crippen molar-refractivity contribution in [3.05, 3.63) is 48.0 Å². The van der Waals surface area contributed by atoms with Crippen LogP contribution in [0.15, 0.2) is 42.5 Å². The summed E-state index contributed by atoms with van der Waals surface area (Å²) < 4.78 is 4.96. The molecule has 0 spiro atoms. The van der Waals surface area contributed by atoms with Gasteiger partial charge in [-0.15, -0.1) is 0 Å². The molecule has 1 aliphatic heterocycles. The fourth-order valence-corrected chi connectivity index (χ4v) is 3.78. The van der Waals surface area contributed by atoms with Crippen LogP contribution in [0.5, 0.6) is 0 Å². The molecule has 23 heavy (non-hydrogen) atoms. The number of carbonyl (C=O) groups excluding carboxylic acids is 3. The first-order chi connectivity index (χ1) is 11.1. The third-order valence-electron chi connectivity index (χ3n) is 4.80. The Morgan fingerprint density at radius 1 is 1.04 bits per heavy atom. The molecule has 0 N–H and O–H groups in total. The minimum Gasteiger partial charge on any atom is -0.428 e. The molecule has 3 aliphatic rings. The zero-order valence-corrected chi connectivity index (χ0v) is 12.3. The maximum Gasteiger partial charge on any atom is 0.534 e. The summed E-state index contributed by atoms with van der Waals surface area (Å²) in [4.78, 5) is 41.3. The lowest BCUT2D eigenvalue weighted by Gasteiger charge is -2.15. The molecule has 0 radical (unpaired) electrons. The number of rotatable bonds is 3. The van der Waals surface area contributed by atoms with Gasteiger partial charge >= 0.3 is 6.16 Å². The molecular weight excluding hydrogens is 298 g/mol. The number of hydroxylamine groups is 2. The molecule has 6 nitrogen and oxygen atoms in total. The number of fused-ring (bicyclic) bond motifs is 5. The zero-order chi connectivity index (χ0) is 16.0. The highest BCUT2D eigenvalue weighted by molar-refractivity contribution is 6.05. The Balaban J connectivity index is 1.39. The third kappa shape index (κ3) is 2.21. The Labute approximate surface area is 132 Å². The second kappa shape index (κ2) is 5.22. The number of imide groups is 1. The number of carbonyl (C=O) groups is 3. The molecule has 4 atom stereocenters. The molecule has 1 heterocycles. The zero-order valence-electron chi connectivity index (χ0n) is 12.3. The Kier molecular flexibility index (Phi) is 3.18. The van der Waals surface area contributed by atoms with Crippen LogP contribution in [0.1, 0.15) is 12.0 Å². The highest BCUT2D eigenvalue weighted by atomic mass is 16.8. The van der Waals surface area contributed by atoms with Crippen LogP contribution in [0.4, 0.5) is 4.79 Å². The molecule has 6 heteroatoms. The SMILES string of the molecule is O=C(OCc1ccccc1)ON1C(=O)C2C3C=CC(C3)C2C1=O. The largest absolute Gasteiger partial charge is 0.534 e. The summed E-state index contributed by atoms with van der Waals surface area (Å²) >= 11 is 0. The van der Waals surface area contributed by atoms with Gasteiger partial charge in [0.15, 0.2) is 0 Å². The molecule has 0 aromatic heterocycles. The van der Waals surface area contributed by atoms with Gasteiger partial charge in [-0.2, -0.15) is 0 Å². The van der Waals surface area contributed by atoms with E-state index in [4.69, 9.17) is 9.57 Å². The first-order valence-corrected chi connectivity index (χ1v) is 7.60. The van der Waals surface area contributed by atoms with Crippen LogP contribution in [0, 0.1) is 23.7 Å². The van der Waals surface area contributed by atoms with Crippen molar-refractivity contribution in [1.82, 2.24) is 5.06 Å². The van der Waals surface area contributed by atoms with Gasteiger partial charge < -0.3 is 4.74 Å². The summed E-state index contributed by atoms with van der Waals surface area (Å²) in [6.45, 7) is 0.0234. The van der Waals surface area contributed by atoms with E-state index in [1.54, 1.807) is 12.1 Å². The molecule has 1 saturated heterocycles. The molecule has 1 saturated carbocycles. The summed E-state index contributed by atoms with van der Waals surface area (Å²) in [5.74, 6) is -1.49. The number of benzene rings is 1. The van der Waals surface area contributed by atoms with Crippen molar-refractivity contribution in [3.8, 4) is 0 Å². The summed E-state index contributed by atoms with van der Waals surface area (Å²) in [6.07, 6.45) is 3.75.